The van der Waals surface area contributed by atoms with Gasteiger partial charge in [-0.2, -0.15) is 4.98 Å². The fourth-order valence-corrected chi connectivity index (χ4v) is 4.19. The molecule has 7 N–H and O–H groups in total. The first-order valence-corrected chi connectivity index (χ1v) is 11.2. The Labute approximate surface area is 163 Å². The van der Waals surface area contributed by atoms with Crippen molar-refractivity contribution in [2.75, 3.05) is 12.3 Å². The van der Waals surface area contributed by atoms with E-state index in [4.69, 9.17) is 30.0 Å². The van der Waals surface area contributed by atoms with Gasteiger partial charge < -0.3 is 30.0 Å². The first-order valence-electron chi connectivity index (χ1n) is 7.37. The van der Waals surface area contributed by atoms with Crippen LogP contribution in [0.1, 0.15) is 12.6 Å². The molecule has 2 aromatic rings. The van der Waals surface area contributed by atoms with Gasteiger partial charge in [-0.1, -0.05) is 0 Å². The fraction of sp³-hybridized carbons (Fsp3) is 0.500. The van der Waals surface area contributed by atoms with Crippen LogP contribution in [-0.4, -0.2) is 57.9 Å². The SMILES string of the molecule is Nc1nc2c(nc(Br)n2[C@H]2C[C@H](OP(=O)(O)O)[C@@H](COP(=O)(O)O)O2)c(=O)[nH]1. The maximum atomic E-state index is 12.0. The Balaban J connectivity index is 1.96. The molecule has 3 rings (SSSR count). The summed E-state index contributed by atoms with van der Waals surface area (Å²) in [5.74, 6) is -0.200. The molecule has 0 aromatic carbocycles. The van der Waals surface area contributed by atoms with Gasteiger partial charge in [0.15, 0.2) is 15.9 Å². The molecule has 0 spiro atoms. The van der Waals surface area contributed by atoms with Gasteiger partial charge in [-0.05, 0) is 15.9 Å². The molecule has 3 atom stereocenters. The van der Waals surface area contributed by atoms with Gasteiger partial charge in [0.1, 0.15) is 18.4 Å². The first-order chi connectivity index (χ1) is 12.8. The number of aromatic nitrogens is 4. The molecule has 0 bridgehead atoms. The van der Waals surface area contributed by atoms with E-state index in [0.29, 0.717) is 0 Å². The number of ether oxygens (including phenoxy) is 1. The molecule has 28 heavy (non-hydrogen) atoms. The number of hydrogen-bond acceptors (Lipinski definition) is 9. The molecule has 156 valence electrons. The zero-order valence-corrected chi connectivity index (χ0v) is 17.0. The van der Waals surface area contributed by atoms with Crippen molar-refractivity contribution >= 4 is 48.7 Å². The van der Waals surface area contributed by atoms with E-state index < -0.39 is 46.2 Å². The third kappa shape index (κ3) is 4.86. The Morgan fingerprint density at radius 3 is 2.57 bits per heavy atom. The highest BCUT2D eigenvalue weighted by atomic mass is 79.9. The van der Waals surface area contributed by atoms with Gasteiger partial charge in [-0.15, -0.1) is 0 Å². The molecule has 18 heteroatoms. The predicted octanol–water partition coefficient (Wildman–Crippen LogP) is -0.661. The Bertz CT molecular complexity index is 1050. The molecule has 1 aliphatic rings. The lowest BCUT2D eigenvalue weighted by Crippen LogP contribution is -2.28. The van der Waals surface area contributed by atoms with Gasteiger partial charge in [0.2, 0.25) is 5.95 Å². The van der Waals surface area contributed by atoms with E-state index >= 15 is 0 Å². The molecule has 0 radical (unpaired) electrons. The van der Waals surface area contributed by atoms with Crippen LogP contribution < -0.4 is 11.3 Å². The second-order valence-corrected chi connectivity index (χ2v) is 8.80. The molecule has 1 aliphatic heterocycles. The van der Waals surface area contributed by atoms with Crippen LogP contribution in [-0.2, 0) is 22.9 Å². The number of nitrogen functional groups attached to an aromatic ring is 1. The Kier molecular flexibility index (Phi) is 5.82. The number of hydrogen-bond donors (Lipinski definition) is 6. The Morgan fingerprint density at radius 2 is 1.96 bits per heavy atom. The molecular weight excluding hydrogens is 492 g/mol. The highest BCUT2D eigenvalue weighted by Crippen LogP contribution is 2.46. The zero-order valence-electron chi connectivity index (χ0n) is 13.6. The van der Waals surface area contributed by atoms with E-state index in [1.807, 2.05) is 0 Å². The van der Waals surface area contributed by atoms with Gasteiger partial charge in [0.05, 0.1) is 6.61 Å². The number of nitrogens with two attached hydrogens (primary N) is 1. The van der Waals surface area contributed by atoms with E-state index in [0.717, 1.165) is 0 Å². The van der Waals surface area contributed by atoms with Crippen molar-refractivity contribution in [2.24, 2.45) is 0 Å². The molecule has 0 aliphatic carbocycles. The largest absolute Gasteiger partial charge is 0.469 e. The van der Waals surface area contributed by atoms with Crippen LogP contribution in [0.25, 0.3) is 11.2 Å². The maximum absolute atomic E-state index is 12.0. The molecule has 1 saturated heterocycles. The quantitative estimate of drug-likeness (QED) is 0.211. The van der Waals surface area contributed by atoms with Crippen LogP contribution in [0.4, 0.5) is 5.95 Å². The van der Waals surface area contributed by atoms with Crippen LogP contribution in [0.5, 0.6) is 0 Å². The van der Waals surface area contributed by atoms with Crippen molar-refractivity contribution in [3.63, 3.8) is 0 Å². The van der Waals surface area contributed by atoms with Crippen molar-refractivity contribution < 1.29 is 42.5 Å². The number of imidazole rings is 1. The van der Waals surface area contributed by atoms with Gasteiger partial charge >= 0.3 is 15.6 Å². The molecular formula is C10H14BrN5O10P2. The normalized spacial score (nSPS) is 23.5. The minimum Gasteiger partial charge on any atom is -0.369 e. The summed E-state index contributed by atoms with van der Waals surface area (Å²) in [5.41, 5.74) is 4.86. The third-order valence-electron chi connectivity index (χ3n) is 3.67. The summed E-state index contributed by atoms with van der Waals surface area (Å²) in [6.07, 6.45) is -3.75. The van der Waals surface area contributed by atoms with Crippen molar-refractivity contribution in [1.82, 2.24) is 19.5 Å². The molecule has 15 nitrogen and oxygen atoms in total. The summed E-state index contributed by atoms with van der Waals surface area (Å²) in [6.45, 7) is -0.716. The summed E-state index contributed by atoms with van der Waals surface area (Å²) in [7, 11) is -9.82. The molecule has 2 aromatic heterocycles. The Morgan fingerprint density at radius 1 is 1.29 bits per heavy atom. The second-order valence-electron chi connectivity index (χ2n) is 5.66. The van der Waals surface area contributed by atoms with Crippen LogP contribution in [0.3, 0.4) is 0 Å². The molecule has 3 heterocycles. The van der Waals surface area contributed by atoms with Gasteiger partial charge in [0.25, 0.3) is 5.56 Å². The van der Waals surface area contributed by atoms with Gasteiger partial charge in [0, 0.05) is 6.42 Å². The number of nitrogens with zero attached hydrogens (tertiary/aromatic N) is 3. The number of H-pyrrole nitrogens is 1. The minimum atomic E-state index is -4.95. The van der Waals surface area contributed by atoms with E-state index in [1.54, 1.807) is 0 Å². The zero-order chi connectivity index (χ0) is 20.9. The summed E-state index contributed by atoms with van der Waals surface area (Å²) >= 11 is 3.14. The number of rotatable bonds is 6. The fourth-order valence-electron chi connectivity index (χ4n) is 2.70. The maximum Gasteiger partial charge on any atom is 0.469 e. The molecule has 1 fully saturated rings. The first kappa shape index (κ1) is 21.5. The van der Waals surface area contributed by atoms with Gasteiger partial charge in [-0.25, -0.2) is 14.1 Å². The van der Waals surface area contributed by atoms with Crippen LogP contribution in [0.15, 0.2) is 9.53 Å². The topological polar surface area (TPSA) is 232 Å². The predicted molar refractivity (Wildman–Crippen MR) is 93.7 cm³/mol. The third-order valence-corrected chi connectivity index (χ3v) is 5.26. The van der Waals surface area contributed by atoms with E-state index in [1.165, 1.54) is 4.57 Å². The summed E-state index contributed by atoms with van der Waals surface area (Å²) in [4.78, 5) is 58.0. The lowest BCUT2D eigenvalue weighted by atomic mass is 10.2. The average molecular weight is 506 g/mol. The van der Waals surface area contributed by atoms with Gasteiger partial charge in [-0.3, -0.25) is 23.4 Å². The number of fused-ring (bicyclic) bond motifs is 1. The minimum absolute atomic E-state index is 0.0182. The average Bonchev–Trinajstić information content (AvgIpc) is 3.03. The van der Waals surface area contributed by atoms with E-state index in [-0.39, 0.29) is 28.3 Å². The lowest BCUT2D eigenvalue weighted by Gasteiger charge is -2.19. The van der Waals surface area contributed by atoms with Crippen molar-refractivity contribution in [2.45, 2.75) is 24.9 Å². The summed E-state index contributed by atoms with van der Waals surface area (Å²) in [5, 5.41) is 0. The molecule has 0 unspecified atom stereocenters. The monoisotopic (exact) mass is 505 g/mol. The van der Waals surface area contributed by atoms with Crippen LogP contribution in [0, 0.1) is 0 Å². The standard InChI is InChI=1S/C10H14BrN5O10P2/c11-9-13-6-7(14-10(12)15-8(6)17)16(9)5-1-3(26-28(21,22)23)4(25-5)2-24-27(18,19)20/h3-5H,1-2H2,(H2,18,19,20)(H2,21,22,23)(H3,12,14,15,17)/t3-,4+,5+/m0/s1. The number of nitrogens with one attached hydrogen (secondary N) is 1. The summed E-state index contributed by atoms with van der Waals surface area (Å²) in [6, 6.07) is 0. The van der Waals surface area contributed by atoms with Crippen molar-refractivity contribution in [3.8, 4) is 0 Å². The number of aromatic amines is 1. The van der Waals surface area contributed by atoms with Crippen LogP contribution in [0.2, 0.25) is 0 Å². The van der Waals surface area contributed by atoms with Crippen molar-refractivity contribution in [1.29, 1.82) is 0 Å². The number of anilines is 1. The highest BCUT2D eigenvalue weighted by molar-refractivity contribution is 9.10. The number of phosphoric ester groups is 2. The summed E-state index contributed by atoms with van der Waals surface area (Å²) < 4.78 is 38.1. The van der Waals surface area contributed by atoms with Crippen LogP contribution >= 0.6 is 31.6 Å². The van der Waals surface area contributed by atoms with Crippen molar-refractivity contribution in [3.05, 3.63) is 15.1 Å². The number of phosphoric acid groups is 2. The number of halogens is 1. The smallest absolute Gasteiger partial charge is 0.369 e. The van der Waals surface area contributed by atoms with E-state index in [9.17, 15) is 13.9 Å². The Hall–Kier alpha value is -1.19. The second kappa shape index (κ2) is 7.57. The molecule has 0 saturated carbocycles. The lowest BCUT2D eigenvalue weighted by molar-refractivity contribution is -0.0424. The molecule has 0 amide bonds. The highest BCUT2D eigenvalue weighted by Gasteiger charge is 2.43. The van der Waals surface area contributed by atoms with E-state index in [2.05, 4.69) is 39.9 Å².